The molecule has 0 saturated heterocycles. The first-order valence-electron chi connectivity index (χ1n) is 6.18. The maximum absolute atomic E-state index is 13.6. The molecule has 19 heavy (non-hydrogen) atoms. The van der Waals surface area contributed by atoms with Gasteiger partial charge in [-0.2, -0.15) is 4.98 Å². The average molecular weight is 265 g/mol. The SMILES string of the molecule is NC1(c2noc(-c3c(F)cccc3F)n2)CCCC1. The highest BCUT2D eigenvalue weighted by Crippen LogP contribution is 2.36. The number of nitrogens with zero attached hydrogens (tertiary/aromatic N) is 2. The Morgan fingerprint density at radius 3 is 2.42 bits per heavy atom. The van der Waals surface area contributed by atoms with Gasteiger partial charge in [-0.3, -0.25) is 0 Å². The van der Waals surface area contributed by atoms with Crippen LogP contribution in [0.15, 0.2) is 22.7 Å². The van der Waals surface area contributed by atoms with Gasteiger partial charge >= 0.3 is 0 Å². The number of hydrogen-bond donors (Lipinski definition) is 1. The first kappa shape index (κ1) is 12.2. The summed E-state index contributed by atoms with van der Waals surface area (Å²) >= 11 is 0. The monoisotopic (exact) mass is 265 g/mol. The summed E-state index contributed by atoms with van der Waals surface area (Å²) in [4.78, 5) is 4.07. The Hall–Kier alpha value is -1.82. The van der Waals surface area contributed by atoms with Crippen LogP contribution in [0.4, 0.5) is 8.78 Å². The molecule has 0 atom stereocenters. The van der Waals surface area contributed by atoms with E-state index in [0.717, 1.165) is 37.8 Å². The highest BCUT2D eigenvalue weighted by atomic mass is 19.1. The number of nitrogens with two attached hydrogens (primary N) is 1. The summed E-state index contributed by atoms with van der Waals surface area (Å²) in [6.07, 6.45) is 3.50. The standard InChI is InChI=1S/C13H13F2N3O/c14-8-4-3-5-9(15)10(8)11-17-12(18-19-11)13(16)6-1-2-7-13/h3-5H,1-2,6-7,16H2. The van der Waals surface area contributed by atoms with Gasteiger partial charge in [-0.15, -0.1) is 0 Å². The maximum atomic E-state index is 13.6. The zero-order chi connectivity index (χ0) is 13.5. The van der Waals surface area contributed by atoms with E-state index in [9.17, 15) is 8.78 Å². The minimum atomic E-state index is -0.729. The van der Waals surface area contributed by atoms with E-state index in [0.29, 0.717) is 5.82 Å². The Balaban J connectivity index is 2.02. The van der Waals surface area contributed by atoms with E-state index in [2.05, 4.69) is 10.1 Å². The predicted octanol–water partition coefficient (Wildman–Crippen LogP) is 2.74. The van der Waals surface area contributed by atoms with Crippen LogP contribution in [-0.4, -0.2) is 10.1 Å². The van der Waals surface area contributed by atoms with Crippen molar-refractivity contribution in [2.24, 2.45) is 5.73 Å². The van der Waals surface area contributed by atoms with E-state index < -0.39 is 17.2 Å². The molecule has 1 aromatic carbocycles. The van der Waals surface area contributed by atoms with Crippen LogP contribution in [0, 0.1) is 11.6 Å². The lowest BCUT2D eigenvalue weighted by Gasteiger charge is -2.17. The van der Waals surface area contributed by atoms with Gasteiger partial charge in [0.2, 0.25) is 0 Å². The van der Waals surface area contributed by atoms with Crippen LogP contribution in [0.3, 0.4) is 0 Å². The molecular formula is C13H13F2N3O. The van der Waals surface area contributed by atoms with Gasteiger partial charge in [0.05, 0.1) is 5.54 Å². The van der Waals surface area contributed by atoms with Crippen LogP contribution in [0.1, 0.15) is 31.5 Å². The number of benzene rings is 1. The summed E-state index contributed by atoms with van der Waals surface area (Å²) in [5, 5.41) is 3.78. The third-order valence-electron chi connectivity index (χ3n) is 3.54. The molecule has 6 heteroatoms. The quantitative estimate of drug-likeness (QED) is 0.906. The van der Waals surface area contributed by atoms with Gasteiger partial charge < -0.3 is 10.3 Å². The van der Waals surface area contributed by atoms with Crippen LogP contribution in [0.5, 0.6) is 0 Å². The molecule has 0 amide bonds. The summed E-state index contributed by atoms with van der Waals surface area (Å²) in [7, 11) is 0. The highest BCUT2D eigenvalue weighted by molar-refractivity contribution is 5.54. The van der Waals surface area contributed by atoms with Crippen LogP contribution >= 0.6 is 0 Å². The zero-order valence-electron chi connectivity index (χ0n) is 10.2. The van der Waals surface area contributed by atoms with E-state index in [1.165, 1.54) is 6.07 Å². The summed E-state index contributed by atoms with van der Waals surface area (Å²) in [6.45, 7) is 0. The Morgan fingerprint density at radius 2 is 1.79 bits per heavy atom. The molecular weight excluding hydrogens is 252 g/mol. The molecule has 0 aliphatic heterocycles. The topological polar surface area (TPSA) is 64.9 Å². The van der Waals surface area contributed by atoms with E-state index >= 15 is 0 Å². The second-order valence-corrected chi connectivity index (χ2v) is 4.88. The number of hydrogen-bond acceptors (Lipinski definition) is 4. The minimum absolute atomic E-state index is 0.165. The maximum Gasteiger partial charge on any atom is 0.263 e. The van der Waals surface area contributed by atoms with Crippen molar-refractivity contribution in [2.75, 3.05) is 0 Å². The van der Waals surface area contributed by atoms with Crippen molar-refractivity contribution in [3.63, 3.8) is 0 Å². The van der Waals surface area contributed by atoms with Gasteiger partial charge in [0.1, 0.15) is 17.2 Å². The lowest BCUT2D eigenvalue weighted by molar-refractivity contribution is 0.371. The lowest BCUT2D eigenvalue weighted by atomic mass is 9.99. The van der Waals surface area contributed by atoms with Crippen molar-refractivity contribution in [1.82, 2.24) is 10.1 Å². The second-order valence-electron chi connectivity index (χ2n) is 4.88. The molecule has 3 rings (SSSR count). The zero-order valence-corrected chi connectivity index (χ0v) is 10.2. The molecule has 2 aromatic rings. The molecule has 1 aliphatic rings. The molecule has 4 nitrogen and oxygen atoms in total. The van der Waals surface area contributed by atoms with Gasteiger partial charge in [-0.05, 0) is 25.0 Å². The average Bonchev–Trinajstić information content (AvgIpc) is 2.99. The summed E-state index contributed by atoms with van der Waals surface area (Å²) < 4.78 is 32.2. The summed E-state index contributed by atoms with van der Waals surface area (Å²) in [5.41, 5.74) is 5.24. The van der Waals surface area contributed by atoms with Crippen molar-refractivity contribution in [3.8, 4) is 11.5 Å². The van der Waals surface area contributed by atoms with Crippen molar-refractivity contribution in [1.29, 1.82) is 0 Å². The van der Waals surface area contributed by atoms with Crippen LogP contribution in [0.2, 0.25) is 0 Å². The van der Waals surface area contributed by atoms with Gasteiger partial charge in [0, 0.05) is 0 Å². The first-order chi connectivity index (χ1) is 9.10. The van der Waals surface area contributed by atoms with Crippen molar-refractivity contribution >= 4 is 0 Å². The molecule has 0 radical (unpaired) electrons. The smallest absolute Gasteiger partial charge is 0.263 e. The Kier molecular flexibility index (Phi) is 2.82. The first-order valence-corrected chi connectivity index (χ1v) is 6.18. The lowest BCUT2D eigenvalue weighted by Crippen LogP contribution is -2.34. The predicted molar refractivity (Wildman–Crippen MR) is 64.0 cm³/mol. The molecule has 1 saturated carbocycles. The molecule has 1 aliphatic carbocycles. The largest absolute Gasteiger partial charge is 0.334 e. The minimum Gasteiger partial charge on any atom is -0.334 e. The fourth-order valence-electron chi connectivity index (χ4n) is 2.46. The number of aromatic nitrogens is 2. The third kappa shape index (κ3) is 2.02. The van der Waals surface area contributed by atoms with E-state index in [4.69, 9.17) is 10.3 Å². The van der Waals surface area contributed by atoms with Gasteiger partial charge in [0.25, 0.3) is 5.89 Å². The van der Waals surface area contributed by atoms with Crippen molar-refractivity contribution in [2.45, 2.75) is 31.2 Å². The molecule has 1 aromatic heterocycles. The van der Waals surface area contributed by atoms with E-state index in [1.807, 2.05) is 0 Å². The van der Waals surface area contributed by atoms with Gasteiger partial charge in [-0.25, -0.2) is 8.78 Å². The molecule has 100 valence electrons. The fourth-order valence-corrected chi connectivity index (χ4v) is 2.46. The Bertz CT molecular complexity index is 585. The molecule has 0 bridgehead atoms. The number of rotatable bonds is 2. The molecule has 0 unspecified atom stereocenters. The Labute approximate surface area is 108 Å². The van der Waals surface area contributed by atoms with Crippen LogP contribution in [0.25, 0.3) is 11.5 Å². The normalized spacial score (nSPS) is 17.8. The molecule has 2 N–H and O–H groups in total. The fraction of sp³-hybridized carbons (Fsp3) is 0.385. The molecule has 1 fully saturated rings. The van der Waals surface area contributed by atoms with Gasteiger partial charge in [0.15, 0.2) is 5.82 Å². The molecule has 1 heterocycles. The van der Waals surface area contributed by atoms with E-state index in [-0.39, 0.29) is 11.5 Å². The van der Waals surface area contributed by atoms with Crippen molar-refractivity contribution < 1.29 is 13.3 Å². The van der Waals surface area contributed by atoms with Crippen LogP contribution in [-0.2, 0) is 5.54 Å². The van der Waals surface area contributed by atoms with E-state index in [1.54, 1.807) is 0 Å². The molecule has 0 spiro atoms. The summed E-state index contributed by atoms with van der Waals surface area (Å²) in [6, 6.07) is 3.58. The van der Waals surface area contributed by atoms with Crippen LogP contribution < -0.4 is 5.73 Å². The highest BCUT2D eigenvalue weighted by Gasteiger charge is 2.36. The Morgan fingerprint density at radius 1 is 1.16 bits per heavy atom. The summed E-state index contributed by atoms with van der Waals surface area (Å²) in [5.74, 6) is -1.30. The van der Waals surface area contributed by atoms with Gasteiger partial charge in [-0.1, -0.05) is 24.1 Å². The second kappa shape index (κ2) is 4.38. The van der Waals surface area contributed by atoms with Crippen molar-refractivity contribution in [3.05, 3.63) is 35.7 Å². The third-order valence-corrected chi connectivity index (χ3v) is 3.54. The number of halogens is 2.